The van der Waals surface area contributed by atoms with Crippen molar-refractivity contribution in [3.63, 3.8) is 0 Å². The molecule has 0 amide bonds. The van der Waals surface area contributed by atoms with Crippen molar-refractivity contribution in [2.75, 3.05) is 0 Å². The molecule has 1 saturated carbocycles. The van der Waals surface area contributed by atoms with Gasteiger partial charge in [0, 0.05) is 5.56 Å². The SMILES string of the molecule is CCCc1ccc(CCC2CCc3c(cc(F)c(C4CCC(c5ccc(C#N)c(F)c5)CC4)c3F)C2)c(F)c1. The zero-order chi connectivity index (χ0) is 27.5. The minimum Gasteiger partial charge on any atom is -0.207 e. The Morgan fingerprint density at radius 3 is 2.28 bits per heavy atom. The fourth-order valence-corrected chi connectivity index (χ4v) is 6.75. The van der Waals surface area contributed by atoms with E-state index in [1.54, 1.807) is 18.2 Å². The van der Waals surface area contributed by atoms with Gasteiger partial charge in [-0.2, -0.15) is 5.26 Å². The molecule has 1 unspecified atom stereocenters. The molecule has 204 valence electrons. The van der Waals surface area contributed by atoms with Crippen LogP contribution in [0.15, 0.2) is 42.5 Å². The molecule has 1 fully saturated rings. The first-order valence-corrected chi connectivity index (χ1v) is 14.3. The van der Waals surface area contributed by atoms with Crippen molar-refractivity contribution in [3.8, 4) is 6.07 Å². The molecule has 3 aromatic rings. The van der Waals surface area contributed by atoms with E-state index in [1.165, 1.54) is 12.1 Å². The molecule has 0 heterocycles. The fraction of sp³-hybridized carbons (Fsp3) is 0.441. The van der Waals surface area contributed by atoms with Gasteiger partial charge in [-0.05, 0) is 134 Å². The number of rotatable bonds is 7. The molecule has 0 spiro atoms. The molecule has 0 aromatic heterocycles. The van der Waals surface area contributed by atoms with Crippen molar-refractivity contribution < 1.29 is 17.6 Å². The summed E-state index contributed by atoms with van der Waals surface area (Å²) in [6.07, 6.45) is 8.04. The molecule has 2 aliphatic rings. The highest BCUT2D eigenvalue weighted by Crippen LogP contribution is 2.44. The van der Waals surface area contributed by atoms with Gasteiger partial charge in [-0.1, -0.05) is 31.5 Å². The number of hydrogen-bond acceptors (Lipinski definition) is 1. The van der Waals surface area contributed by atoms with Gasteiger partial charge >= 0.3 is 0 Å². The van der Waals surface area contributed by atoms with Crippen LogP contribution in [-0.4, -0.2) is 0 Å². The Balaban J connectivity index is 1.23. The summed E-state index contributed by atoms with van der Waals surface area (Å²) in [5, 5.41) is 8.96. The Morgan fingerprint density at radius 2 is 1.59 bits per heavy atom. The Kier molecular flexibility index (Phi) is 8.40. The first kappa shape index (κ1) is 27.4. The second-order valence-electron chi connectivity index (χ2n) is 11.4. The number of halogens is 4. The number of nitrogens with zero attached hydrogens (tertiary/aromatic N) is 1. The monoisotopic (exact) mass is 533 g/mol. The topological polar surface area (TPSA) is 23.8 Å². The van der Waals surface area contributed by atoms with E-state index in [-0.39, 0.29) is 40.5 Å². The Morgan fingerprint density at radius 1 is 0.821 bits per heavy atom. The van der Waals surface area contributed by atoms with Gasteiger partial charge in [-0.25, -0.2) is 17.6 Å². The van der Waals surface area contributed by atoms with E-state index in [2.05, 4.69) is 6.92 Å². The molecule has 0 bridgehead atoms. The molecule has 39 heavy (non-hydrogen) atoms. The summed E-state index contributed by atoms with van der Waals surface area (Å²) in [6.45, 7) is 2.08. The van der Waals surface area contributed by atoms with Gasteiger partial charge in [0.1, 0.15) is 29.3 Å². The first-order chi connectivity index (χ1) is 18.9. The maximum absolute atomic E-state index is 15.7. The maximum atomic E-state index is 15.7. The number of benzene rings is 3. The number of hydrogen-bond donors (Lipinski definition) is 0. The van der Waals surface area contributed by atoms with Gasteiger partial charge in [0.25, 0.3) is 0 Å². The third-order valence-corrected chi connectivity index (χ3v) is 8.96. The predicted octanol–water partition coefficient (Wildman–Crippen LogP) is 9.25. The van der Waals surface area contributed by atoms with E-state index in [0.717, 1.165) is 55.2 Å². The van der Waals surface area contributed by atoms with Gasteiger partial charge < -0.3 is 0 Å². The highest BCUT2D eigenvalue weighted by atomic mass is 19.1. The van der Waals surface area contributed by atoms with Crippen LogP contribution in [0.2, 0.25) is 0 Å². The molecule has 0 aliphatic heterocycles. The molecule has 1 atom stereocenters. The molecule has 5 heteroatoms. The van der Waals surface area contributed by atoms with Crippen LogP contribution in [0.25, 0.3) is 0 Å². The highest BCUT2D eigenvalue weighted by molar-refractivity contribution is 5.40. The molecule has 2 aliphatic carbocycles. The second kappa shape index (κ2) is 11.9. The standard InChI is InChI=1S/C34H35F4N/c1-2-3-21-4-7-24(30(35)17-21)8-5-22-6-15-29-28(16-22)19-32(37)33(34(29)38)25-11-9-23(10-12-25)26-13-14-27(20-39)31(36)18-26/h4,7,13-14,17-19,22-23,25H,2-3,5-6,8-12,15-16H2,1H3. The zero-order valence-electron chi connectivity index (χ0n) is 22.5. The maximum Gasteiger partial charge on any atom is 0.141 e. The molecule has 0 N–H and O–H groups in total. The molecular weight excluding hydrogens is 498 g/mol. The van der Waals surface area contributed by atoms with Crippen molar-refractivity contribution in [2.24, 2.45) is 5.92 Å². The number of fused-ring (bicyclic) bond motifs is 1. The van der Waals surface area contributed by atoms with Crippen LogP contribution in [0, 0.1) is 40.5 Å². The van der Waals surface area contributed by atoms with Gasteiger partial charge in [0.05, 0.1) is 5.56 Å². The van der Waals surface area contributed by atoms with E-state index in [4.69, 9.17) is 5.26 Å². The predicted molar refractivity (Wildman–Crippen MR) is 146 cm³/mol. The van der Waals surface area contributed by atoms with Crippen molar-refractivity contribution in [1.29, 1.82) is 5.26 Å². The van der Waals surface area contributed by atoms with Crippen LogP contribution in [0.3, 0.4) is 0 Å². The third kappa shape index (κ3) is 5.91. The number of nitriles is 1. The highest BCUT2D eigenvalue weighted by Gasteiger charge is 2.31. The summed E-state index contributed by atoms with van der Waals surface area (Å²) >= 11 is 0. The largest absolute Gasteiger partial charge is 0.207 e. The number of aryl methyl sites for hydroxylation is 2. The van der Waals surface area contributed by atoms with E-state index < -0.39 is 11.6 Å². The van der Waals surface area contributed by atoms with Crippen LogP contribution in [-0.2, 0) is 25.7 Å². The summed E-state index contributed by atoms with van der Waals surface area (Å²) in [4.78, 5) is 0. The molecule has 1 nitrogen and oxygen atoms in total. The lowest BCUT2D eigenvalue weighted by molar-refractivity contribution is 0.368. The van der Waals surface area contributed by atoms with Crippen LogP contribution < -0.4 is 0 Å². The lowest BCUT2D eigenvalue weighted by atomic mass is 9.74. The molecule has 3 aromatic carbocycles. The molecule has 5 rings (SSSR count). The Labute approximate surface area is 228 Å². The quantitative estimate of drug-likeness (QED) is 0.278. The van der Waals surface area contributed by atoms with E-state index in [1.807, 2.05) is 18.2 Å². The summed E-state index contributed by atoms with van der Waals surface area (Å²) in [5.41, 5.74) is 4.22. The van der Waals surface area contributed by atoms with Crippen molar-refractivity contribution in [3.05, 3.63) is 105 Å². The molecule has 0 radical (unpaired) electrons. The average molecular weight is 534 g/mol. The zero-order valence-corrected chi connectivity index (χ0v) is 22.5. The Bertz CT molecular complexity index is 1380. The minimum atomic E-state index is -0.516. The van der Waals surface area contributed by atoms with Gasteiger partial charge in [-0.15, -0.1) is 0 Å². The summed E-state index contributed by atoms with van der Waals surface area (Å²) < 4.78 is 59.7. The summed E-state index contributed by atoms with van der Waals surface area (Å²) in [6, 6.07) is 13.6. The minimum absolute atomic E-state index is 0.0288. The normalized spacial score (nSPS) is 20.9. The van der Waals surface area contributed by atoms with E-state index in [0.29, 0.717) is 43.2 Å². The van der Waals surface area contributed by atoms with Gasteiger partial charge in [-0.3, -0.25) is 0 Å². The van der Waals surface area contributed by atoms with Gasteiger partial charge in [0.15, 0.2) is 0 Å². The van der Waals surface area contributed by atoms with Crippen molar-refractivity contribution in [2.45, 2.75) is 89.4 Å². The Hall–Kier alpha value is -3.13. The van der Waals surface area contributed by atoms with Crippen molar-refractivity contribution >= 4 is 0 Å². The van der Waals surface area contributed by atoms with Gasteiger partial charge in [0.2, 0.25) is 0 Å². The lowest BCUT2D eigenvalue weighted by Crippen LogP contribution is -2.20. The van der Waals surface area contributed by atoms with Crippen LogP contribution in [0.4, 0.5) is 17.6 Å². The van der Waals surface area contributed by atoms with Crippen LogP contribution in [0.1, 0.15) is 103 Å². The lowest BCUT2D eigenvalue weighted by Gasteiger charge is -2.32. The van der Waals surface area contributed by atoms with E-state index >= 15 is 8.78 Å². The second-order valence-corrected chi connectivity index (χ2v) is 11.4. The summed E-state index contributed by atoms with van der Waals surface area (Å²) in [5.74, 6) is -1.30. The molecule has 0 saturated heterocycles. The fourth-order valence-electron chi connectivity index (χ4n) is 6.75. The average Bonchev–Trinajstić information content (AvgIpc) is 2.93. The van der Waals surface area contributed by atoms with E-state index in [9.17, 15) is 8.78 Å². The van der Waals surface area contributed by atoms with Crippen LogP contribution in [0.5, 0.6) is 0 Å². The summed E-state index contributed by atoms with van der Waals surface area (Å²) in [7, 11) is 0. The third-order valence-electron chi connectivity index (χ3n) is 8.96. The first-order valence-electron chi connectivity index (χ1n) is 14.3. The van der Waals surface area contributed by atoms with Crippen molar-refractivity contribution in [1.82, 2.24) is 0 Å². The smallest absolute Gasteiger partial charge is 0.141 e. The molecular formula is C34H35F4N. The van der Waals surface area contributed by atoms with Crippen LogP contribution >= 0.6 is 0 Å².